The molecule has 1 aromatic heterocycles. The first-order chi connectivity index (χ1) is 20.9. The molecule has 2 aliphatic carbocycles. The number of halogens is 1. The number of carbonyl (C=O) groups is 2. The second kappa shape index (κ2) is 12.1. The molecule has 6 rings (SSSR count). The van der Waals surface area contributed by atoms with Gasteiger partial charge in [0, 0.05) is 49.5 Å². The number of benzene rings is 1. The van der Waals surface area contributed by atoms with Crippen molar-refractivity contribution in [2.24, 2.45) is 17.1 Å². The lowest BCUT2D eigenvalue weighted by molar-refractivity contribution is -0.126. The lowest BCUT2D eigenvalue weighted by Crippen LogP contribution is -2.43. The summed E-state index contributed by atoms with van der Waals surface area (Å²) in [5.41, 5.74) is 8.25. The minimum absolute atomic E-state index is 0.0617. The van der Waals surface area contributed by atoms with Gasteiger partial charge in [-0.2, -0.15) is 0 Å². The predicted molar refractivity (Wildman–Crippen MR) is 165 cm³/mol. The van der Waals surface area contributed by atoms with E-state index in [0.717, 1.165) is 50.5 Å². The van der Waals surface area contributed by atoms with E-state index in [2.05, 4.69) is 15.5 Å². The number of anilines is 1. The van der Waals surface area contributed by atoms with Gasteiger partial charge in [0.1, 0.15) is 5.82 Å². The molecule has 44 heavy (non-hydrogen) atoms. The van der Waals surface area contributed by atoms with Crippen LogP contribution >= 0.6 is 0 Å². The van der Waals surface area contributed by atoms with Gasteiger partial charge in [-0.1, -0.05) is 13.8 Å². The van der Waals surface area contributed by atoms with E-state index in [1.54, 1.807) is 6.07 Å². The molecule has 1 saturated heterocycles. The summed E-state index contributed by atoms with van der Waals surface area (Å²) in [6, 6.07) is 2.97. The fourth-order valence-corrected chi connectivity index (χ4v) is 10.1. The van der Waals surface area contributed by atoms with Crippen LogP contribution in [-0.4, -0.2) is 80.9 Å². The zero-order valence-corrected chi connectivity index (χ0v) is 26.5. The maximum atomic E-state index is 15.7. The van der Waals surface area contributed by atoms with Gasteiger partial charge in [0.2, 0.25) is 5.91 Å². The topological polar surface area (TPSA) is 136 Å². The first-order valence-corrected chi connectivity index (χ1v) is 17.5. The first kappa shape index (κ1) is 31.0. The van der Waals surface area contributed by atoms with Crippen LogP contribution in [0.1, 0.15) is 73.3 Å². The Morgan fingerprint density at radius 2 is 1.82 bits per heavy atom. The molecule has 1 aromatic carbocycles. The summed E-state index contributed by atoms with van der Waals surface area (Å²) >= 11 is 0. The van der Waals surface area contributed by atoms with Crippen LogP contribution in [0.5, 0.6) is 0 Å². The van der Waals surface area contributed by atoms with Crippen LogP contribution in [0.4, 0.5) is 10.1 Å². The number of ether oxygens (including phenoxy) is 1. The van der Waals surface area contributed by atoms with Crippen molar-refractivity contribution in [2.75, 3.05) is 50.5 Å². The number of fused-ring (bicyclic) bond motifs is 3. The van der Waals surface area contributed by atoms with Gasteiger partial charge in [-0.15, -0.1) is 0 Å². The Morgan fingerprint density at radius 1 is 1.09 bits per heavy atom. The quantitative estimate of drug-likeness (QED) is 0.409. The van der Waals surface area contributed by atoms with Gasteiger partial charge < -0.3 is 25.7 Å². The summed E-state index contributed by atoms with van der Waals surface area (Å²) in [7, 11) is -3.50. The summed E-state index contributed by atoms with van der Waals surface area (Å²) < 4.78 is 49.9. The highest BCUT2D eigenvalue weighted by Crippen LogP contribution is 2.45. The van der Waals surface area contributed by atoms with E-state index in [1.807, 2.05) is 18.4 Å². The van der Waals surface area contributed by atoms with Crippen molar-refractivity contribution in [1.29, 1.82) is 0 Å². The third-order valence-corrected chi connectivity index (χ3v) is 11.9. The number of primary amides is 1. The highest BCUT2D eigenvalue weighted by atomic mass is 32.2. The van der Waals surface area contributed by atoms with Gasteiger partial charge in [0.05, 0.1) is 40.8 Å². The van der Waals surface area contributed by atoms with Crippen LogP contribution in [0.3, 0.4) is 0 Å². The van der Waals surface area contributed by atoms with Gasteiger partial charge in [0.15, 0.2) is 9.84 Å². The molecule has 2 aromatic rings. The molecule has 0 radical (unpaired) electrons. The van der Waals surface area contributed by atoms with Gasteiger partial charge >= 0.3 is 0 Å². The number of nitrogens with zero attached hydrogens (tertiary/aromatic N) is 2. The zero-order chi connectivity index (χ0) is 31.2. The Labute approximate surface area is 258 Å². The van der Waals surface area contributed by atoms with Crippen molar-refractivity contribution in [3.05, 3.63) is 40.5 Å². The van der Waals surface area contributed by atoms with Crippen LogP contribution in [0.2, 0.25) is 0 Å². The highest BCUT2D eigenvalue weighted by Gasteiger charge is 2.42. The van der Waals surface area contributed by atoms with Crippen LogP contribution in [0.15, 0.2) is 17.0 Å². The number of rotatable bonds is 8. The molecule has 4 aliphatic rings. The van der Waals surface area contributed by atoms with E-state index in [9.17, 15) is 18.0 Å². The maximum Gasteiger partial charge on any atom is 0.253 e. The average Bonchev–Trinajstić information content (AvgIpc) is 3.52. The fourth-order valence-electron chi connectivity index (χ4n) is 7.70. The molecule has 0 bridgehead atoms. The third kappa shape index (κ3) is 6.12. The second-order valence-corrected chi connectivity index (χ2v) is 15.6. The minimum Gasteiger partial charge on any atom is -0.382 e. The molecule has 12 heteroatoms. The van der Waals surface area contributed by atoms with Crippen LogP contribution in [0.25, 0.3) is 5.69 Å². The molecule has 0 spiro atoms. The molecule has 0 unspecified atom stereocenters. The number of aromatic nitrogens is 1. The van der Waals surface area contributed by atoms with Crippen molar-refractivity contribution in [2.45, 2.75) is 76.2 Å². The average molecular weight is 630 g/mol. The van der Waals surface area contributed by atoms with Gasteiger partial charge in [-0.05, 0) is 74.5 Å². The number of hydrogen-bond donors (Lipinski definition) is 3. The van der Waals surface area contributed by atoms with E-state index in [4.69, 9.17) is 10.5 Å². The Balaban J connectivity index is 1.21. The van der Waals surface area contributed by atoms with E-state index < -0.39 is 27.0 Å². The number of amides is 2. The highest BCUT2D eigenvalue weighted by molar-refractivity contribution is 7.91. The van der Waals surface area contributed by atoms with E-state index in [-0.39, 0.29) is 29.2 Å². The standard InChI is InChI=1S/C32H44FN5O5S/c1-32(2)18-27-29(44(41,42)19-32)23-4-3-5-26(23)38(27)22-16-24(33)28(30(34)39)25(17-22)36-21-8-6-20(7-9-21)31(40)35-10-11-37-12-14-43-15-13-37/h16-17,20-21,36H,3-15,18-19H2,1-2H3,(H2,34,39)(H,35,40). The predicted octanol–water partition coefficient (Wildman–Crippen LogP) is 2.98. The second-order valence-electron chi connectivity index (χ2n) is 13.6. The molecule has 10 nitrogen and oxygen atoms in total. The lowest BCUT2D eigenvalue weighted by atomic mass is 9.85. The molecule has 2 aliphatic heterocycles. The number of nitrogens with one attached hydrogen (secondary N) is 2. The third-order valence-electron chi connectivity index (χ3n) is 9.67. The summed E-state index contributed by atoms with van der Waals surface area (Å²) in [5.74, 6) is -1.55. The number of hydrogen-bond acceptors (Lipinski definition) is 7. The Hall–Kier alpha value is -2.96. The summed E-state index contributed by atoms with van der Waals surface area (Å²) in [5, 5.41) is 6.45. The first-order valence-electron chi connectivity index (χ1n) is 15.9. The normalized spacial score (nSPS) is 24.3. The zero-order valence-electron chi connectivity index (χ0n) is 25.7. The van der Waals surface area contributed by atoms with E-state index in [1.165, 1.54) is 6.07 Å². The molecular weight excluding hydrogens is 585 g/mol. The van der Waals surface area contributed by atoms with Gasteiger partial charge in [-0.25, -0.2) is 12.8 Å². The van der Waals surface area contributed by atoms with Crippen molar-refractivity contribution in [3.8, 4) is 5.69 Å². The van der Waals surface area contributed by atoms with Gasteiger partial charge in [-0.3, -0.25) is 14.5 Å². The molecule has 3 heterocycles. The number of nitrogens with two attached hydrogens (primary N) is 1. The van der Waals surface area contributed by atoms with Crippen LogP contribution in [-0.2, 0) is 38.6 Å². The Bertz CT molecular complexity index is 1560. The largest absolute Gasteiger partial charge is 0.382 e. The van der Waals surface area contributed by atoms with Crippen molar-refractivity contribution in [3.63, 3.8) is 0 Å². The van der Waals surface area contributed by atoms with E-state index >= 15 is 4.39 Å². The molecule has 1 saturated carbocycles. The smallest absolute Gasteiger partial charge is 0.253 e. The molecule has 2 amide bonds. The lowest BCUT2D eigenvalue weighted by Gasteiger charge is -2.31. The monoisotopic (exact) mass is 629 g/mol. The summed E-state index contributed by atoms with van der Waals surface area (Å²) in [4.78, 5) is 28.0. The van der Waals surface area contributed by atoms with Crippen molar-refractivity contribution in [1.82, 2.24) is 14.8 Å². The molecular formula is C32H44FN5O5S. The molecule has 240 valence electrons. The Morgan fingerprint density at radius 3 is 2.52 bits per heavy atom. The van der Waals surface area contributed by atoms with Crippen LogP contribution < -0.4 is 16.4 Å². The van der Waals surface area contributed by atoms with Crippen molar-refractivity contribution >= 4 is 27.3 Å². The fraction of sp³-hybridized carbons (Fsp3) is 0.625. The molecule has 4 N–H and O–H groups in total. The summed E-state index contributed by atoms with van der Waals surface area (Å²) in [6.45, 7) is 8.52. The van der Waals surface area contributed by atoms with Crippen molar-refractivity contribution < 1.29 is 27.1 Å². The molecule has 2 fully saturated rings. The SMILES string of the molecule is CC1(C)Cc2c(c3c(n2-c2cc(F)c(C(N)=O)c(NC4CCC(C(=O)NCCN5CCOCC5)CC4)c2)CCC3)S(=O)(=O)C1. The number of sulfone groups is 1. The number of carbonyl (C=O) groups excluding carboxylic acids is 2. The summed E-state index contributed by atoms with van der Waals surface area (Å²) in [6.07, 6.45) is 5.52. The maximum absolute atomic E-state index is 15.7. The van der Waals surface area contributed by atoms with Crippen LogP contribution in [0, 0.1) is 17.2 Å². The van der Waals surface area contributed by atoms with Gasteiger partial charge in [0.25, 0.3) is 5.91 Å². The number of morpholine rings is 1. The minimum atomic E-state index is -3.50. The Kier molecular flexibility index (Phi) is 8.53. The van der Waals surface area contributed by atoms with E-state index in [0.29, 0.717) is 73.5 Å². The molecule has 0 atom stereocenters.